The molecule has 0 amide bonds. The van der Waals surface area contributed by atoms with Crippen molar-refractivity contribution in [2.24, 2.45) is 0 Å². The predicted octanol–water partition coefficient (Wildman–Crippen LogP) is 2.80. The Morgan fingerprint density at radius 3 is 2.56 bits per heavy atom. The average molecular weight is 378 g/mol. The molecule has 0 fully saturated rings. The number of nitrogens with one attached hydrogen (secondary N) is 1. The summed E-state index contributed by atoms with van der Waals surface area (Å²) in [4.78, 5) is 33.3. The molecule has 27 heavy (non-hydrogen) atoms. The summed E-state index contributed by atoms with van der Waals surface area (Å²) in [6, 6.07) is 14.5. The Labute approximate surface area is 155 Å². The van der Waals surface area contributed by atoms with E-state index in [1.54, 1.807) is 31.1 Å². The van der Waals surface area contributed by atoms with E-state index >= 15 is 0 Å². The van der Waals surface area contributed by atoms with Crippen LogP contribution in [0.5, 0.6) is 0 Å². The van der Waals surface area contributed by atoms with E-state index in [0.29, 0.717) is 23.0 Å². The average Bonchev–Trinajstić information content (AvgIpc) is 3.18. The van der Waals surface area contributed by atoms with Crippen LogP contribution in [0.1, 0.15) is 0 Å². The Kier molecular flexibility index (Phi) is 4.62. The van der Waals surface area contributed by atoms with E-state index in [1.165, 1.54) is 6.20 Å². The second-order valence-corrected chi connectivity index (χ2v) is 7.40. The van der Waals surface area contributed by atoms with Gasteiger partial charge in [-0.2, -0.15) is 0 Å². The van der Waals surface area contributed by atoms with Gasteiger partial charge in [-0.15, -0.1) is 0 Å². The van der Waals surface area contributed by atoms with Crippen molar-refractivity contribution >= 4 is 13.5 Å². The summed E-state index contributed by atoms with van der Waals surface area (Å²) in [5.74, 6) is 0.718. The number of pyridine rings is 1. The van der Waals surface area contributed by atoms with Crippen LogP contribution in [0.25, 0.3) is 34.1 Å². The lowest BCUT2D eigenvalue weighted by atomic mass is 10.1. The number of aromatic nitrogens is 4. The van der Waals surface area contributed by atoms with Gasteiger partial charge in [-0.25, -0.2) is 4.98 Å². The van der Waals surface area contributed by atoms with Crippen molar-refractivity contribution < 1.29 is 9.42 Å². The molecule has 134 valence electrons. The highest BCUT2D eigenvalue weighted by Gasteiger charge is 2.14. The molecule has 0 aliphatic heterocycles. The maximum absolute atomic E-state index is 12.4. The zero-order valence-corrected chi connectivity index (χ0v) is 15.2. The molecule has 0 saturated carbocycles. The zero-order valence-electron chi connectivity index (χ0n) is 14.3. The molecule has 8 heteroatoms. The molecule has 0 aliphatic carbocycles. The van der Waals surface area contributed by atoms with Crippen LogP contribution in [0.2, 0.25) is 0 Å². The molecule has 0 bridgehead atoms. The Hall–Kier alpha value is -3.15. The zero-order chi connectivity index (χ0) is 18.8. The normalized spacial score (nSPS) is 12.1. The molecule has 4 aromatic rings. The van der Waals surface area contributed by atoms with Gasteiger partial charge in [-0.05, 0) is 18.8 Å². The number of benzene rings is 1. The van der Waals surface area contributed by atoms with E-state index in [2.05, 4.69) is 20.1 Å². The predicted molar refractivity (Wildman–Crippen MR) is 104 cm³/mol. The van der Waals surface area contributed by atoms with Crippen LogP contribution in [-0.4, -0.2) is 31.7 Å². The molecule has 7 nitrogen and oxygen atoms in total. The van der Waals surface area contributed by atoms with Gasteiger partial charge >= 0.3 is 0 Å². The van der Waals surface area contributed by atoms with Crippen molar-refractivity contribution in [2.75, 3.05) is 6.66 Å². The second-order valence-electron chi connectivity index (χ2n) is 5.84. The third-order valence-electron chi connectivity index (χ3n) is 4.02. The highest BCUT2D eigenvalue weighted by Crippen LogP contribution is 2.27. The summed E-state index contributed by atoms with van der Waals surface area (Å²) in [5.41, 5.74) is 1.97. The van der Waals surface area contributed by atoms with E-state index < -0.39 is 8.15 Å². The highest BCUT2D eigenvalue weighted by atomic mass is 31.1. The largest absolute Gasteiger partial charge is 0.369 e. The summed E-state index contributed by atoms with van der Waals surface area (Å²) in [7, 11) is -1.14. The van der Waals surface area contributed by atoms with Crippen LogP contribution >= 0.6 is 8.15 Å². The minimum absolute atomic E-state index is 0.289. The number of rotatable bonds is 4. The lowest BCUT2D eigenvalue weighted by Gasteiger charge is -2.03. The number of aromatic amines is 1. The van der Waals surface area contributed by atoms with Gasteiger partial charge in [0.15, 0.2) is 11.6 Å². The molecular weight excluding hydrogens is 363 g/mol. The first-order chi connectivity index (χ1) is 13.1. The molecule has 3 heterocycles. The Morgan fingerprint density at radius 1 is 1.07 bits per heavy atom. The summed E-state index contributed by atoms with van der Waals surface area (Å²) in [6.07, 6.45) is 3.09. The lowest BCUT2D eigenvalue weighted by molar-refractivity contribution is 0.434. The standard InChI is InChI=1S/C19H15N4O3P/c1-27(25)13-7-5-12(6-8-13)16-10-17(26-23-16)14-11-21-18(22-19(14)24)15-4-2-3-9-20-15/h2-11,25H,1H3,(H,21,22,24). The molecule has 1 aromatic carbocycles. The number of H-pyrrole nitrogens is 1. The highest BCUT2D eigenvalue weighted by molar-refractivity contribution is 7.59. The first-order valence-corrected chi connectivity index (χ1v) is 9.87. The van der Waals surface area contributed by atoms with Gasteiger partial charge < -0.3 is 14.4 Å². The van der Waals surface area contributed by atoms with Crippen molar-refractivity contribution in [3.05, 3.63) is 71.3 Å². The quantitative estimate of drug-likeness (QED) is 0.529. The second kappa shape index (κ2) is 7.23. The van der Waals surface area contributed by atoms with E-state index in [0.717, 1.165) is 10.9 Å². The van der Waals surface area contributed by atoms with Crippen molar-refractivity contribution in [1.82, 2.24) is 20.1 Å². The summed E-state index contributed by atoms with van der Waals surface area (Å²) < 4.78 is 5.34. The molecule has 1 atom stereocenters. The van der Waals surface area contributed by atoms with E-state index in [9.17, 15) is 9.69 Å². The molecule has 0 radical (unpaired) electrons. The Balaban J connectivity index is 1.64. The maximum atomic E-state index is 12.4. The van der Waals surface area contributed by atoms with E-state index in [-0.39, 0.29) is 11.1 Å². The molecule has 4 rings (SSSR count). The summed E-state index contributed by atoms with van der Waals surface area (Å²) >= 11 is 0. The van der Waals surface area contributed by atoms with Gasteiger partial charge in [0.05, 0.1) is 8.15 Å². The first-order valence-electron chi connectivity index (χ1n) is 8.12. The number of hydrogen-bond acceptors (Lipinski definition) is 6. The van der Waals surface area contributed by atoms with Crippen LogP contribution in [0.3, 0.4) is 0 Å². The van der Waals surface area contributed by atoms with Crippen LogP contribution in [-0.2, 0) is 0 Å². The van der Waals surface area contributed by atoms with Crippen molar-refractivity contribution in [2.45, 2.75) is 0 Å². The lowest BCUT2D eigenvalue weighted by Crippen LogP contribution is -2.11. The minimum Gasteiger partial charge on any atom is -0.369 e. The Bertz CT molecular complexity index is 1120. The van der Waals surface area contributed by atoms with Gasteiger partial charge in [0.1, 0.15) is 17.0 Å². The molecular formula is C19H15N4O3P. The third-order valence-corrected chi connectivity index (χ3v) is 5.06. The minimum atomic E-state index is -1.14. The number of hydrogen-bond donors (Lipinski definition) is 2. The van der Waals surface area contributed by atoms with Gasteiger partial charge in [-0.3, -0.25) is 9.78 Å². The molecule has 1 unspecified atom stereocenters. The first kappa shape index (κ1) is 17.3. The fourth-order valence-electron chi connectivity index (χ4n) is 2.59. The molecule has 2 N–H and O–H groups in total. The molecule has 0 saturated heterocycles. The monoisotopic (exact) mass is 378 g/mol. The van der Waals surface area contributed by atoms with Crippen LogP contribution in [0.4, 0.5) is 0 Å². The molecule has 0 spiro atoms. The van der Waals surface area contributed by atoms with Gasteiger partial charge in [-0.1, -0.05) is 35.5 Å². The fourth-order valence-corrected chi connectivity index (χ4v) is 3.17. The Morgan fingerprint density at radius 2 is 1.89 bits per heavy atom. The molecule has 3 aromatic heterocycles. The van der Waals surface area contributed by atoms with Crippen LogP contribution in [0.15, 0.2) is 70.2 Å². The smallest absolute Gasteiger partial charge is 0.262 e. The number of nitrogens with zero attached hydrogens (tertiary/aromatic N) is 3. The van der Waals surface area contributed by atoms with Crippen LogP contribution in [0, 0.1) is 0 Å². The van der Waals surface area contributed by atoms with E-state index in [1.807, 2.05) is 30.3 Å². The van der Waals surface area contributed by atoms with Crippen molar-refractivity contribution in [1.29, 1.82) is 0 Å². The third kappa shape index (κ3) is 3.56. The SMILES string of the molecule is CP(O)c1ccc(-c2cc(-c3cnc(-c4ccccn4)[nH]c3=O)on2)cc1. The fraction of sp³-hybridized carbons (Fsp3) is 0.0526. The maximum Gasteiger partial charge on any atom is 0.262 e. The van der Waals surface area contributed by atoms with Crippen molar-refractivity contribution in [3.8, 4) is 34.1 Å². The summed E-state index contributed by atoms with van der Waals surface area (Å²) in [6.45, 7) is 1.77. The van der Waals surface area contributed by atoms with Gasteiger partial charge in [0.2, 0.25) is 0 Å². The van der Waals surface area contributed by atoms with Gasteiger partial charge in [0.25, 0.3) is 5.56 Å². The topological polar surface area (TPSA) is 105 Å². The van der Waals surface area contributed by atoms with E-state index in [4.69, 9.17) is 4.52 Å². The molecule has 0 aliphatic rings. The summed E-state index contributed by atoms with van der Waals surface area (Å²) in [5, 5.41) is 4.91. The van der Waals surface area contributed by atoms with Crippen LogP contribution < -0.4 is 10.9 Å². The van der Waals surface area contributed by atoms with Gasteiger partial charge in [0, 0.05) is 29.3 Å². The van der Waals surface area contributed by atoms with Crippen molar-refractivity contribution in [3.63, 3.8) is 0 Å².